The van der Waals surface area contributed by atoms with Gasteiger partial charge in [0.2, 0.25) is 0 Å². The van der Waals surface area contributed by atoms with Gasteiger partial charge in [-0.2, -0.15) is 0 Å². The van der Waals surface area contributed by atoms with E-state index in [1.807, 2.05) is 30.3 Å². The van der Waals surface area contributed by atoms with E-state index in [4.69, 9.17) is 0 Å². The molecule has 0 spiro atoms. The number of phenolic OH excluding ortho intramolecular Hbond substituents is 1. The molecule has 3 rings (SSSR count). The highest BCUT2D eigenvalue weighted by molar-refractivity contribution is 8.04. The summed E-state index contributed by atoms with van der Waals surface area (Å²) in [5, 5.41) is 12.9. The average molecular weight is 453 g/mol. The third kappa shape index (κ3) is 5.38. The molecule has 4 nitrogen and oxygen atoms in total. The second-order valence-corrected chi connectivity index (χ2v) is 11.7. The largest absolute Gasteiger partial charge is 0.507 e. The van der Waals surface area contributed by atoms with Crippen LogP contribution in [-0.2, 0) is 22.0 Å². The molecule has 0 saturated carbocycles. The van der Waals surface area contributed by atoms with Crippen molar-refractivity contribution in [2.24, 2.45) is 0 Å². The van der Waals surface area contributed by atoms with Crippen LogP contribution < -0.4 is 5.43 Å². The summed E-state index contributed by atoms with van der Waals surface area (Å²) < 4.78 is 0. The molecule has 1 fully saturated rings. The normalized spacial score (nSPS) is 17.3. The molecule has 0 radical (unpaired) electrons. The zero-order valence-corrected chi connectivity index (χ0v) is 21.0. The zero-order chi connectivity index (χ0) is 23.7. The molecule has 5 heteroatoms. The van der Waals surface area contributed by atoms with E-state index >= 15 is 0 Å². The molecule has 32 heavy (non-hydrogen) atoms. The van der Waals surface area contributed by atoms with Crippen LogP contribution in [0, 0.1) is 0 Å². The topological polar surface area (TPSA) is 52.6 Å². The summed E-state index contributed by atoms with van der Waals surface area (Å²) in [5.41, 5.74) is 6.74. The minimum Gasteiger partial charge on any atom is -0.507 e. The molecule has 1 aliphatic rings. The second-order valence-electron chi connectivity index (χ2n) is 10.5. The zero-order valence-electron chi connectivity index (χ0n) is 20.2. The van der Waals surface area contributed by atoms with E-state index in [2.05, 4.69) is 65.7 Å². The van der Waals surface area contributed by atoms with Gasteiger partial charge in [-0.15, -0.1) is 0 Å². The SMILES string of the molecule is C=C1SC(c2cc(C(C)(C)C)c(O)c(C(C)(C)C)c2)C(=O)N1NCCCc1ccccc1. The summed E-state index contributed by atoms with van der Waals surface area (Å²) in [4.78, 5) is 13.3. The molecule has 1 amide bonds. The Kier molecular flexibility index (Phi) is 7.11. The molecule has 0 aromatic heterocycles. The lowest BCUT2D eigenvalue weighted by molar-refractivity contribution is -0.130. The Bertz CT molecular complexity index is 952. The van der Waals surface area contributed by atoms with Crippen LogP contribution in [0.4, 0.5) is 0 Å². The van der Waals surface area contributed by atoms with Gasteiger partial charge >= 0.3 is 0 Å². The number of thioether (sulfide) groups is 1. The molecular weight excluding hydrogens is 416 g/mol. The molecule has 1 unspecified atom stereocenters. The molecule has 2 N–H and O–H groups in total. The molecule has 1 atom stereocenters. The Morgan fingerprint density at radius 2 is 1.59 bits per heavy atom. The smallest absolute Gasteiger partial charge is 0.259 e. The summed E-state index contributed by atoms with van der Waals surface area (Å²) in [6, 6.07) is 14.3. The van der Waals surface area contributed by atoms with Crippen molar-refractivity contribution in [1.82, 2.24) is 10.4 Å². The number of phenols is 1. The van der Waals surface area contributed by atoms with Gasteiger partial charge in [0, 0.05) is 6.54 Å². The number of nitrogens with zero attached hydrogens (tertiary/aromatic N) is 1. The minimum atomic E-state index is -0.369. The molecule has 0 bridgehead atoms. The van der Waals surface area contributed by atoms with Crippen LogP contribution in [0.2, 0.25) is 0 Å². The fraction of sp³-hybridized carbons (Fsp3) is 0.444. The van der Waals surface area contributed by atoms with Crippen molar-refractivity contribution >= 4 is 17.7 Å². The maximum Gasteiger partial charge on any atom is 0.259 e. The van der Waals surface area contributed by atoms with Crippen LogP contribution in [0.25, 0.3) is 0 Å². The van der Waals surface area contributed by atoms with Crippen molar-refractivity contribution in [2.45, 2.75) is 70.5 Å². The molecule has 0 aliphatic carbocycles. The highest BCUT2D eigenvalue weighted by Gasteiger charge is 2.38. The number of nitrogens with one attached hydrogen (secondary N) is 1. The fourth-order valence-corrected chi connectivity index (χ4v) is 4.95. The maximum atomic E-state index is 13.3. The summed E-state index contributed by atoms with van der Waals surface area (Å²) in [7, 11) is 0. The third-order valence-electron chi connectivity index (χ3n) is 5.75. The van der Waals surface area contributed by atoms with E-state index in [1.165, 1.54) is 17.3 Å². The number of benzene rings is 2. The van der Waals surface area contributed by atoms with Gasteiger partial charge in [-0.1, -0.05) is 90.2 Å². The molecule has 2 aromatic rings. The summed E-state index contributed by atoms with van der Waals surface area (Å²) in [6.45, 7) is 17.3. The quantitative estimate of drug-likeness (QED) is 0.512. The molecule has 172 valence electrons. The number of amides is 1. The maximum absolute atomic E-state index is 13.3. The molecule has 1 heterocycles. The van der Waals surface area contributed by atoms with E-state index in [0.29, 0.717) is 17.3 Å². The van der Waals surface area contributed by atoms with Gasteiger partial charge in [-0.25, -0.2) is 10.4 Å². The number of aromatic hydroxyl groups is 1. The Morgan fingerprint density at radius 1 is 1.03 bits per heavy atom. The number of carbonyl (C=O) groups is 1. The van der Waals surface area contributed by atoms with Gasteiger partial charge in [0.15, 0.2) is 0 Å². The van der Waals surface area contributed by atoms with Gasteiger partial charge in [0.1, 0.15) is 11.0 Å². The van der Waals surface area contributed by atoms with Crippen LogP contribution in [-0.4, -0.2) is 22.6 Å². The summed E-state index contributed by atoms with van der Waals surface area (Å²) in [5.74, 6) is 0.323. The molecule has 2 aromatic carbocycles. The highest BCUT2D eigenvalue weighted by atomic mass is 32.2. The van der Waals surface area contributed by atoms with E-state index in [0.717, 1.165) is 29.5 Å². The lowest BCUT2D eigenvalue weighted by Crippen LogP contribution is -2.39. The molecule has 1 aliphatic heterocycles. The van der Waals surface area contributed by atoms with E-state index in [-0.39, 0.29) is 22.0 Å². The Labute approximate surface area is 197 Å². The summed E-state index contributed by atoms with van der Waals surface area (Å²) in [6.07, 6.45) is 1.89. The lowest BCUT2D eigenvalue weighted by atomic mass is 9.78. The fourth-order valence-electron chi connectivity index (χ4n) is 3.94. The lowest BCUT2D eigenvalue weighted by Gasteiger charge is -2.29. The first kappa shape index (κ1) is 24.4. The first-order chi connectivity index (χ1) is 14.9. The Balaban J connectivity index is 1.78. The number of hydrazine groups is 1. The van der Waals surface area contributed by atoms with Gasteiger partial charge in [-0.05, 0) is 58.1 Å². The first-order valence-electron chi connectivity index (χ1n) is 11.2. The number of hydrogen-bond donors (Lipinski definition) is 2. The van der Waals surface area contributed by atoms with Crippen molar-refractivity contribution in [3.63, 3.8) is 0 Å². The van der Waals surface area contributed by atoms with Crippen LogP contribution in [0.3, 0.4) is 0 Å². The Morgan fingerprint density at radius 3 is 2.12 bits per heavy atom. The predicted molar refractivity (Wildman–Crippen MR) is 135 cm³/mol. The number of rotatable bonds is 6. The van der Waals surface area contributed by atoms with Crippen molar-refractivity contribution in [1.29, 1.82) is 0 Å². The highest BCUT2D eigenvalue weighted by Crippen LogP contribution is 2.47. The van der Waals surface area contributed by atoms with Crippen LogP contribution in [0.1, 0.15) is 75.5 Å². The van der Waals surface area contributed by atoms with Crippen molar-refractivity contribution in [2.75, 3.05) is 6.54 Å². The van der Waals surface area contributed by atoms with Gasteiger partial charge in [-0.3, -0.25) is 4.79 Å². The second kappa shape index (κ2) is 9.32. The number of carbonyl (C=O) groups excluding carboxylic acids is 1. The van der Waals surface area contributed by atoms with Crippen LogP contribution in [0.5, 0.6) is 5.75 Å². The van der Waals surface area contributed by atoms with Gasteiger partial charge in [0.25, 0.3) is 5.91 Å². The van der Waals surface area contributed by atoms with E-state index in [9.17, 15) is 9.90 Å². The molecule has 1 saturated heterocycles. The van der Waals surface area contributed by atoms with Gasteiger partial charge < -0.3 is 5.11 Å². The first-order valence-corrected chi connectivity index (χ1v) is 12.1. The van der Waals surface area contributed by atoms with Crippen molar-refractivity contribution in [3.05, 3.63) is 76.3 Å². The summed E-state index contributed by atoms with van der Waals surface area (Å²) >= 11 is 1.47. The third-order valence-corrected chi connectivity index (χ3v) is 6.92. The van der Waals surface area contributed by atoms with Crippen LogP contribution >= 0.6 is 11.8 Å². The number of aryl methyl sites for hydroxylation is 1. The predicted octanol–water partition coefficient (Wildman–Crippen LogP) is 6.21. The average Bonchev–Trinajstić information content (AvgIpc) is 2.98. The van der Waals surface area contributed by atoms with Crippen molar-refractivity contribution < 1.29 is 9.90 Å². The minimum absolute atomic E-state index is 0.00915. The standard InChI is InChI=1S/C27H36N2O2S/c1-18-29(28-15-11-14-19-12-9-8-10-13-19)25(31)24(32-18)20-16-21(26(2,3)4)23(30)22(17-20)27(5,6)7/h8-10,12-13,16-17,24,28,30H,1,11,14-15H2,2-7H3. The monoisotopic (exact) mass is 452 g/mol. The molecular formula is C27H36N2O2S. The van der Waals surface area contributed by atoms with Crippen LogP contribution in [0.15, 0.2) is 54.1 Å². The van der Waals surface area contributed by atoms with Crippen molar-refractivity contribution in [3.8, 4) is 5.75 Å². The Hall–Kier alpha value is -2.24. The van der Waals surface area contributed by atoms with E-state index < -0.39 is 0 Å². The van der Waals surface area contributed by atoms with Gasteiger partial charge in [0.05, 0.1) is 5.03 Å². The van der Waals surface area contributed by atoms with E-state index in [1.54, 1.807) is 5.01 Å². The number of hydrogen-bond acceptors (Lipinski definition) is 4.